The summed E-state index contributed by atoms with van der Waals surface area (Å²) in [4.78, 5) is 0. The van der Waals surface area contributed by atoms with E-state index in [9.17, 15) is 4.39 Å². The minimum atomic E-state index is -0.252. The van der Waals surface area contributed by atoms with Crippen molar-refractivity contribution >= 4 is 10.9 Å². The van der Waals surface area contributed by atoms with E-state index in [0.29, 0.717) is 12.4 Å². The molecule has 0 amide bonds. The fraction of sp³-hybridized carbons (Fsp3) is 0.176. The van der Waals surface area contributed by atoms with Gasteiger partial charge in [-0.2, -0.15) is 0 Å². The number of hydrogen-bond acceptors (Lipinski definition) is 1. The lowest BCUT2D eigenvalue weighted by atomic mass is 10.2. The molecule has 0 N–H and O–H groups in total. The van der Waals surface area contributed by atoms with Crippen LogP contribution in [-0.2, 0) is 13.7 Å². The number of aromatic nitrogens is 1. The summed E-state index contributed by atoms with van der Waals surface area (Å²) in [5.41, 5.74) is 3.53. The van der Waals surface area contributed by atoms with Crippen molar-refractivity contribution in [1.29, 1.82) is 0 Å². The summed E-state index contributed by atoms with van der Waals surface area (Å²) >= 11 is 0. The van der Waals surface area contributed by atoms with E-state index in [1.807, 2.05) is 7.05 Å². The molecule has 102 valence electrons. The molecule has 0 aliphatic rings. The second-order valence-electron chi connectivity index (χ2n) is 5.00. The lowest BCUT2D eigenvalue weighted by Crippen LogP contribution is -2.01. The SMILES string of the molecule is Cc1ccc2cc(COc3ccc(F)cc3)n(C)c2c1. The summed E-state index contributed by atoms with van der Waals surface area (Å²) in [5, 5.41) is 1.20. The first-order chi connectivity index (χ1) is 9.63. The largest absolute Gasteiger partial charge is 0.487 e. The van der Waals surface area contributed by atoms with Gasteiger partial charge in [-0.05, 0) is 54.3 Å². The zero-order valence-electron chi connectivity index (χ0n) is 11.6. The van der Waals surface area contributed by atoms with E-state index in [1.165, 1.54) is 28.6 Å². The molecule has 1 aromatic heterocycles. The van der Waals surface area contributed by atoms with Crippen LogP contribution in [-0.4, -0.2) is 4.57 Å². The second kappa shape index (κ2) is 5.00. The van der Waals surface area contributed by atoms with Gasteiger partial charge < -0.3 is 9.30 Å². The number of rotatable bonds is 3. The quantitative estimate of drug-likeness (QED) is 0.695. The highest BCUT2D eigenvalue weighted by atomic mass is 19.1. The Hall–Kier alpha value is -2.29. The average Bonchev–Trinajstić information content (AvgIpc) is 2.75. The van der Waals surface area contributed by atoms with Gasteiger partial charge in [-0.15, -0.1) is 0 Å². The molecule has 3 rings (SSSR count). The van der Waals surface area contributed by atoms with Gasteiger partial charge in [-0.25, -0.2) is 4.39 Å². The first-order valence-corrected chi connectivity index (χ1v) is 6.57. The van der Waals surface area contributed by atoms with Crippen LogP contribution in [0.2, 0.25) is 0 Å². The summed E-state index contributed by atoms with van der Waals surface area (Å²) in [7, 11) is 2.03. The first-order valence-electron chi connectivity index (χ1n) is 6.57. The van der Waals surface area contributed by atoms with Crippen LogP contribution in [0.25, 0.3) is 10.9 Å². The van der Waals surface area contributed by atoms with Crippen molar-refractivity contribution in [1.82, 2.24) is 4.57 Å². The van der Waals surface area contributed by atoms with Crippen molar-refractivity contribution in [3.63, 3.8) is 0 Å². The number of aryl methyl sites for hydroxylation is 2. The molecule has 0 saturated heterocycles. The maximum absolute atomic E-state index is 12.8. The third-order valence-electron chi connectivity index (χ3n) is 3.50. The molecule has 20 heavy (non-hydrogen) atoms. The molecular formula is C17H16FNO. The molecule has 1 heterocycles. The Morgan fingerprint density at radius 2 is 1.80 bits per heavy atom. The summed E-state index contributed by atoms with van der Waals surface area (Å²) in [5.74, 6) is 0.422. The lowest BCUT2D eigenvalue weighted by molar-refractivity contribution is 0.297. The van der Waals surface area contributed by atoms with Crippen molar-refractivity contribution in [2.24, 2.45) is 7.05 Å². The maximum atomic E-state index is 12.8. The Labute approximate surface area is 117 Å². The Morgan fingerprint density at radius 3 is 2.55 bits per heavy atom. The van der Waals surface area contributed by atoms with Crippen LogP contribution >= 0.6 is 0 Å². The van der Waals surface area contributed by atoms with E-state index in [0.717, 1.165) is 5.69 Å². The predicted molar refractivity (Wildman–Crippen MR) is 78.4 cm³/mol. The minimum Gasteiger partial charge on any atom is -0.487 e. The summed E-state index contributed by atoms with van der Waals surface area (Å²) < 4.78 is 20.7. The van der Waals surface area contributed by atoms with Crippen LogP contribution < -0.4 is 4.74 Å². The zero-order valence-corrected chi connectivity index (χ0v) is 11.6. The van der Waals surface area contributed by atoms with Crippen molar-refractivity contribution < 1.29 is 9.13 Å². The van der Waals surface area contributed by atoms with Gasteiger partial charge in [0.05, 0.1) is 5.69 Å². The smallest absolute Gasteiger partial charge is 0.128 e. The van der Waals surface area contributed by atoms with Gasteiger partial charge in [0.2, 0.25) is 0 Å². The molecule has 0 saturated carbocycles. The van der Waals surface area contributed by atoms with E-state index in [2.05, 4.69) is 35.8 Å². The van der Waals surface area contributed by atoms with Crippen molar-refractivity contribution in [3.8, 4) is 5.75 Å². The highest BCUT2D eigenvalue weighted by Gasteiger charge is 2.06. The van der Waals surface area contributed by atoms with Crippen molar-refractivity contribution in [2.75, 3.05) is 0 Å². The van der Waals surface area contributed by atoms with Crippen LogP contribution in [0.3, 0.4) is 0 Å². The first kappa shape index (κ1) is 12.7. The fourth-order valence-corrected chi connectivity index (χ4v) is 2.32. The zero-order chi connectivity index (χ0) is 14.1. The van der Waals surface area contributed by atoms with Gasteiger partial charge in [0.25, 0.3) is 0 Å². The summed E-state index contributed by atoms with van der Waals surface area (Å²) in [6, 6.07) is 14.6. The van der Waals surface area contributed by atoms with Crippen LogP contribution in [0.15, 0.2) is 48.5 Å². The highest BCUT2D eigenvalue weighted by molar-refractivity contribution is 5.81. The van der Waals surface area contributed by atoms with E-state index in [1.54, 1.807) is 12.1 Å². The van der Waals surface area contributed by atoms with Crippen LogP contribution in [0.5, 0.6) is 5.75 Å². The molecule has 0 atom stereocenters. The average molecular weight is 269 g/mol. The number of benzene rings is 2. The van der Waals surface area contributed by atoms with E-state index < -0.39 is 0 Å². The number of ether oxygens (including phenoxy) is 1. The number of nitrogens with zero attached hydrogens (tertiary/aromatic N) is 1. The Morgan fingerprint density at radius 1 is 1.05 bits per heavy atom. The van der Waals surface area contributed by atoms with Gasteiger partial charge in [0, 0.05) is 12.6 Å². The standard InChI is InChI=1S/C17H16FNO/c1-12-3-4-13-10-15(19(2)17(13)9-12)11-20-16-7-5-14(18)6-8-16/h3-10H,11H2,1-2H3. The highest BCUT2D eigenvalue weighted by Crippen LogP contribution is 2.21. The molecule has 2 nitrogen and oxygen atoms in total. The Kier molecular flexibility index (Phi) is 3.18. The maximum Gasteiger partial charge on any atom is 0.128 e. The molecule has 0 spiro atoms. The van der Waals surface area contributed by atoms with Crippen molar-refractivity contribution in [3.05, 3.63) is 65.6 Å². The van der Waals surface area contributed by atoms with E-state index >= 15 is 0 Å². The van der Waals surface area contributed by atoms with Crippen LogP contribution in [0, 0.1) is 12.7 Å². The fourth-order valence-electron chi connectivity index (χ4n) is 2.32. The molecule has 0 unspecified atom stereocenters. The van der Waals surface area contributed by atoms with Crippen LogP contribution in [0.1, 0.15) is 11.3 Å². The third kappa shape index (κ3) is 2.39. The number of hydrogen-bond donors (Lipinski definition) is 0. The molecule has 0 aliphatic carbocycles. The van der Waals surface area contributed by atoms with E-state index in [-0.39, 0.29) is 5.82 Å². The van der Waals surface area contributed by atoms with Crippen molar-refractivity contribution in [2.45, 2.75) is 13.5 Å². The summed E-state index contributed by atoms with van der Waals surface area (Å²) in [6.45, 7) is 2.55. The number of halogens is 1. The van der Waals surface area contributed by atoms with Gasteiger partial charge in [-0.1, -0.05) is 12.1 Å². The predicted octanol–water partition coefficient (Wildman–Crippen LogP) is 4.20. The molecule has 0 radical (unpaired) electrons. The number of fused-ring (bicyclic) bond motifs is 1. The van der Waals surface area contributed by atoms with Gasteiger partial charge in [-0.3, -0.25) is 0 Å². The Bertz CT molecular complexity index is 744. The molecule has 3 heteroatoms. The molecule has 3 aromatic rings. The molecule has 0 aliphatic heterocycles. The van der Waals surface area contributed by atoms with Crippen LogP contribution in [0.4, 0.5) is 4.39 Å². The topological polar surface area (TPSA) is 14.2 Å². The lowest BCUT2D eigenvalue weighted by Gasteiger charge is -2.07. The minimum absolute atomic E-state index is 0.252. The molecule has 0 fully saturated rings. The van der Waals surface area contributed by atoms with Gasteiger partial charge >= 0.3 is 0 Å². The summed E-state index contributed by atoms with van der Waals surface area (Å²) in [6.07, 6.45) is 0. The molecular weight excluding hydrogens is 253 g/mol. The third-order valence-corrected chi connectivity index (χ3v) is 3.50. The molecule has 2 aromatic carbocycles. The molecule has 0 bridgehead atoms. The van der Waals surface area contributed by atoms with Gasteiger partial charge in [0.15, 0.2) is 0 Å². The monoisotopic (exact) mass is 269 g/mol. The second-order valence-corrected chi connectivity index (χ2v) is 5.00. The van der Waals surface area contributed by atoms with E-state index in [4.69, 9.17) is 4.74 Å². The Balaban J connectivity index is 1.84. The normalized spacial score (nSPS) is 10.9. The van der Waals surface area contributed by atoms with Gasteiger partial charge in [0.1, 0.15) is 18.2 Å².